The first-order valence-corrected chi connectivity index (χ1v) is 5.55. The van der Waals surface area contributed by atoms with E-state index in [1.165, 1.54) is 44.1 Å². The molecule has 1 aliphatic carbocycles. The summed E-state index contributed by atoms with van der Waals surface area (Å²) in [5.74, 6) is 1.37. The highest BCUT2D eigenvalue weighted by atomic mass is 32.2. The second kappa shape index (κ2) is 3.60. The number of ketones is 1. The maximum atomic E-state index is 11.3. The molecule has 1 heterocycles. The minimum Gasteiger partial charge on any atom is -0.292 e. The van der Waals surface area contributed by atoms with Gasteiger partial charge in [-0.1, -0.05) is 19.3 Å². The molecule has 3 heteroatoms. The van der Waals surface area contributed by atoms with Crippen molar-refractivity contribution in [1.29, 1.82) is 0 Å². The highest BCUT2D eigenvalue weighted by molar-refractivity contribution is 7.99. The van der Waals surface area contributed by atoms with E-state index in [-0.39, 0.29) is 5.78 Å². The smallest absolute Gasteiger partial charge is 0.189 e. The van der Waals surface area contributed by atoms with Gasteiger partial charge in [0.25, 0.3) is 0 Å². The Labute approximate surface area is 77.0 Å². The lowest BCUT2D eigenvalue weighted by atomic mass is 9.85. The number of Topliss-reactive ketones (excluding diaryl/α,β-unsaturated/α-hetero) is 1. The van der Waals surface area contributed by atoms with Crippen LogP contribution in [0.15, 0.2) is 4.40 Å². The Balaban J connectivity index is 2.02. The van der Waals surface area contributed by atoms with Crippen LogP contribution in [0.2, 0.25) is 0 Å². The van der Waals surface area contributed by atoms with Crippen LogP contribution in [-0.4, -0.2) is 17.2 Å². The summed E-state index contributed by atoms with van der Waals surface area (Å²) in [7, 11) is 0. The van der Waals surface area contributed by atoms with Gasteiger partial charge in [-0.05, 0) is 24.8 Å². The van der Waals surface area contributed by atoms with E-state index in [2.05, 4.69) is 4.40 Å². The monoisotopic (exact) mass is 183 g/mol. The molecule has 0 bridgehead atoms. The minimum absolute atomic E-state index is 0.284. The largest absolute Gasteiger partial charge is 0.292 e. The van der Waals surface area contributed by atoms with Gasteiger partial charge in [-0.15, -0.1) is 0 Å². The maximum absolute atomic E-state index is 11.3. The van der Waals surface area contributed by atoms with E-state index < -0.39 is 0 Å². The zero-order valence-corrected chi connectivity index (χ0v) is 7.90. The van der Waals surface area contributed by atoms with Crippen LogP contribution in [0.3, 0.4) is 0 Å². The molecule has 0 aromatic heterocycles. The van der Waals surface area contributed by atoms with Gasteiger partial charge in [0.2, 0.25) is 0 Å². The lowest BCUT2D eigenvalue weighted by Crippen LogP contribution is -2.23. The molecule has 0 amide bonds. The van der Waals surface area contributed by atoms with E-state index in [9.17, 15) is 4.79 Å². The molecule has 0 N–H and O–H groups in total. The Bertz CT molecular complexity index is 219. The first-order chi connectivity index (χ1) is 5.88. The van der Waals surface area contributed by atoms with Crippen LogP contribution in [0.25, 0.3) is 0 Å². The standard InChI is InChI=1S/C9H13NOS/c11-8-6-12-10-9(8)7-4-2-1-3-5-7/h7H,1-6H2. The molecule has 0 saturated heterocycles. The van der Waals surface area contributed by atoms with Crippen molar-refractivity contribution in [3.05, 3.63) is 0 Å². The first-order valence-electron chi connectivity index (χ1n) is 4.61. The van der Waals surface area contributed by atoms with E-state index in [1.54, 1.807) is 0 Å². The van der Waals surface area contributed by atoms with Crippen LogP contribution in [0.4, 0.5) is 0 Å². The van der Waals surface area contributed by atoms with Crippen LogP contribution in [-0.2, 0) is 4.79 Å². The Morgan fingerprint density at radius 2 is 2.00 bits per heavy atom. The molecule has 2 aliphatic rings. The molecule has 12 heavy (non-hydrogen) atoms. The fraction of sp³-hybridized carbons (Fsp3) is 0.778. The van der Waals surface area contributed by atoms with Crippen molar-refractivity contribution in [3.63, 3.8) is 0 Å². The molecule has 66 valence electrons. The predicted octanol–water partition coefficient (Wildman–Crippen LogP) is 2.24. The molecule has 0 aromatic rings. The van der Waals surface area contributed by atoms with Crippen molar-refractivity contribution in [2.75, 3.05) is 5.75 Å². The topological polar surface area (TPSA) is 29.4 Å². The summed E-state index contributed by atoms with van der Waals surface area (Å²) in [6, 6.07) is 0. The summed E-state index contributed by atoms with van der Waals surface area (Å²) < 4.78 is 4.22. The third-order valence-corrected chi connectivity index (χ3v) is 3.35. The van der Waals surface area contributed by atoms with E-state index in [1.807, 2.05) is 0 Å². The molecular weight excluding hydrogens is 170 g/mol. The maximum Gasteiger partial charge on any atom is 0.189 e. The summed E-state index contributed by atoms with van der Waals surface area (Å²) in [5.41, 5.74) is 0.889. The minimum atomic E-state index is 0.284. The third-order valence-electron chi connectivity index (χ3n) is 2.64. The molecule has 0 unspecified atom stereocenters. The Hall–Kier alpha value is -0.310. The van der Waals surface area contributed by atoms with Crippen molar-refractivity contribution < 1.29 is 4.79 Å². The van der Waals surface area contributed by atoms with Crippen LogP contribution in [0.5, 0.6) is 0 Å². The fourth-order valence-corrected chi connectivity index (χ4v) is 2.68. The summed E-state index contributed by atoms with van der Waals surface area (Å²) in [5, 5.41) is 0. The third kappa shape index (κ3) is 1.56. The molecule has 2 rings (SSSR count). The number of carbonyl (C=O) groups excluding carboxylic acids is 1. The van der Waals surface area contributed by atoms with Gasteiger partial charge in [0.05, 0.1) is 11.5 Å². The van der Waals surface area contributed by atoms with E-state index in [0.717, 1.165) is 5.71 Å². The molecule has 2 nitrogen and oxygen atoms in total. The molecule has 0 spiro atoms. The Morgan fingerprint density at radius 3 is 2.58 bits per heavy atom. The van der Waals surface area contributed by atoms with Gasteiger partial charge < -0.3 is 0 Å². The molecule has 0 radical (unpaired) electrons. The zero-order valence-electron chi connectivity index (χ0n) is 7.08. The van der Waals surface area contributed by atoms with E-state index in [4.69, 9.17) is 0 Å². The molecule has 0 aromatic carbocycles. The van der Waals surface area contributed by atoms with E-state index in [0.29, 0.717) is 11.7 Å². The average molecular weight is 183 g/mol. The van der Waals surface area contributed by atoms with Crippen molar-refractivity contribution in [3.8, 4) is 0 Å². The van der Waals surface area contributed by atoms with Crippen molar-refractivity contribution >= 4 is 23.4 Å². The van der Waals surface area contributed by atoms with Gasteiger partial charge in [0.1, 0.15) is 0 Å². The lowest BCUT2D eigenvalue weighted by molar-refractivity contribution is -0.110. The summed E-state index contributed by atoms with van der Waals surface area (Å²) in [4.78, 5) is 11.3. The van der Waals surface area contributed by atoms with Crippen LogP contribution < -0.4 is 0 Å². The average Bonchev–Trinajstić information content (AvgIpc) is 2.53. The van der Waals surface area contributed by atoms with E-state index >= 15 is 0 Å². The molecule has 1 fully saturated rings. The highest BCUT2D eigenvalue weighted by Gasteiger charge is 2.27. The Kier molecular flexibility index (Phi) is 2.49. The SMILES string of the molecule is O=C1CSN=C1C1CCCCC1. The van der Waals surface area contributed by atoms with Gasteiger partial charge in [-0.25, -0.2) is 4.40 Å². The number of nitrogens with zero attached hydrogens (tertiary/aromatic N) is 1. The lowest BCUT2D eigenvalue weighted by Gasteiger charge is -2.20. The summed E-state index contributed by atoms with van der Waals surface area (Å²) >= 11 is 1.42. The second-order valence-corrected chi connectivity index (χ2v) is 4.24. The fourth-order valence-electron chi connectivity index (χ4n) is 1.96. The first kappa shape index (κ1) is 8.30. The van der Waals surface area contributed by atoms with Crippen LogP contribution in [0, 0.1) is 5.92 Å². The predicted molar refractivity (Wildman–Crippen MR) is 51.5 cm³/mol. The number of carbonyl (C=O) groups is 1. The number of hydrogen-bond donors (Lipinski definition) is 0. The number of hydrogen-bond acceptors (Lipinski definition) is 3. The van der Waals surface area contributed by atoms with Crippen LogP contribution in [0.1, 0.15) is 32.1 Å². The highest BCUT2D eigenvalue weighted by Crippen LogP contribution is 2.29. The van der Waals surface area contributed by atoms with Crippen molar-refractivity contribution in [2.45, 2.75) is 32.1 Å². The van der Waals surface area contributed by atoms with Crippen molar-refractivity contribution in [1.82, 2.24) is 0 Å². The van der Waals surface area contributed by atoms with Gasteiger partial charge in [-0.3, -0.25) is 4.79 Å². The summed E-state index contributed by atoms with van der Waals surface area (Å²) in [6.07, 6.45) is 6.27. The van der Waals surface area contributed by atoms with Crippen LogP contribution >= 0.6 is 11.9 Å². The molecule has 1 saturated carbocycles. The van der Waals surface area contributed by atoms with Gasteiger partial charge in [0, 0.05) is 5.92 Å². The molecule has 0 atom stereocenters. The number of rotatable bonds is 1. The zero-order chi connectivity index (χ0) is 8.39. The van der Waals surface area contributed by atoms with Gasteiger partial charge >= 0.3 is 0 Å². The normalized spacial score (nSPS) is 26.0. The second-order valence-electron chi connectivity index (χ2n) is 3.51. The quantitative estimate of drug-likeness (QED) is 0.583. The van der Waals surface area contributed by atoms with Crippen molar-refractivity contribution in [2.24, 2.45) is 10.3 Å². The molecule has 1 aliphatic heterocycles. The molecular formula is C9H13NOS. The Morgan fingerprint density at radius 1 is 1.25 bits per heavy atom. The summed E-state index contributed by atoms with van der Waals surface area (Å²) in [6.45, 7) is 0. The van der Waals surface area contributed by atoms with Gasteiger partial charge in [0.15, 0.2) is 5.78 Å². The van der Waals surface area contributed by atoms with Gasteiger partial charge in [-0.2, -0.15) is 0 Å².